The number of hydrogen-bond acceptors (Lipinski definition) is 3. The molecule has 0 rings (SSSR count). The number of nitrogens with two attached hydrogens (primary N) is 1. The molecule has 0 aromatic carbocycles. The van der Waals surface area contributed by atoms with Gasteiger partial charge in [-0.2, -0.15) is 0 Å². The van der Waals surface area contributed by atoms with Crippen molar-refractivity contribution in [1.29, 1.82) is 0 Å². The summed E-state index contributed by atoms with van der Waals surface area (Å²) in [6, 6.07) is -0.204. The Morgan fingerprint density at radius 1 is 1.50 bits per heavy atom. The van der Waals surface area contributed by atoms with Crippen molar-refractivity contribution in [2.24, 2.45) is 5.73 Å². The first-order valence-electron chi connectivity index (χ1n) is 5.18. The third-order valence-electron chi connectivity index (χ3n) is 1.96. The minimum absolute atomic E-state index is 0.0406. The third-order valence-corrected chi connectivity index (χ3v) is 1.96. The smallest absolute Gasteiger partial charge is 0.237 e. The van der Waals surface area contributed by atoms with E-state index in [-0.39, 0.29) is 18.0 Å². The van der Waals surface area contributed by atoms with Gasteiger partial charge in [0.1, 0.15) is 0 Å². The molecule has 0 fully saturated rings. The molecular formula is C10H23N3O. The van der Waals surface area contributed by atoms with Crippen molar-refractivity contribution in [1.82, 2.24) is 10.2 Å². The Balaban J connectivity index is 3.80. The average Bonchev–Trinajstić information content (AvgIpc) is 2.02. The van der Waals surface area contributed by atoms with Crippen molar-refractivity contribution < 1.29 is 4.79 Å². The summed E-state index contributed by atoms with van der Waals surface area (Å²) in [6.45, 7) is 4.84. The highest BCUT2D eigenvalue weighted by atomic mass is 16.2. The summed E-state index contributed by atoms with van der Waals surface area (Å²) >= 11 is 0. The summed E-state index contributed by atoms with van der Waals surface area (Å²) in [5, 5.41) is 2.89. The maximum atomic E-state index is 11.5. The molecule has 0 saturated carbocycles. The van der Waals surface area contributed by atoms with Gasteiger partial charge in [-0.25, -0.2) is 0 Å². The maximum Gasteiger partial charge on any atom is 0.237 e. The predicted molar refractivity (Wildman–Crippen MR) is 59.0 cm³/mol. The highest BCUT2D eigenvalue weighted by molar-refractivity contribution is 5.81. The molecule has 0 spiro atoms. The van der Waals surface area contributed by atoms with E-state index in [2.05, 4.69) is 5.32 Å². The molecule has 0 aliphatic heterocycles. The first-order chi connectivity index (χ1) is 6.47. The van der Waals surface area contributed by atoms with E-state index in [0.29, 0.717) is 0 Å². The molecular weight excluding hydrogens is 178 g/mol. The molecule has 1 amide bonds. The first kappa shape index (κ1) is 13.4. The van der Waals surface area contributed by atoms with Crippen LogP contribution in [0.1, 0.15) is 26.7 Å². The maximum absolute atomic E-state index is 11.5. The summed E-state index contributed by atoms with van der Waals surface area (Å²) in [6.07, 6.45) is 1.69. The standard InChI is InChI=1S/C10H23N3O/c1-5-6-9(11)10(14)12-8(2)7-13(3)4/h8-9H,5-7,11H2,1-4H3,(H,12,14)/t8?,9-/m0/s1. The van der Waals surface area contributed by atoms with E-state index in [1.54, 1.807) is 0 Å². The molecule has 1 unspecified atom stereocenters. The number of carbonyl (C=O) groups is 1. The second-order valence-electron chi connectivity index (χ2n) is 4.07. The van der Waals surface area contributed by atoms with Crippen LogP contribution < -0.4 is 11.1 Å². The van der Waals surface area contributed by atoms with Crippen LogP contribution in [0.2, 0.25) is 0 Å². The molecule has 0 heterocycles. The van der Waals surface area contributed by atoms with E-state index in [0.717, 1.165) is 19.4 Å². The van der Waals surface area contributed by atoms with E-state index >= 15 is 0 Å². The molecule has 0 aromatic heterocycles. The molecule has 0 aromatic rings. The Morgan fingerprint density at radius 2 is 2.07 bits per heavy atom. The summed E-state index contributed by atoms with van der Waals surface area (Å²) in [5.41, 5.74) is 5.68. The quantitative estimate of drug-likeness (QED) is 0.644. The van der Waals surface area contributed by atoms with Crippen LogP contribution in [-0.4, -0.2) is 43.5 Å². The monoisotopic (exact) mass is 201 g/mol. The van der Waals surface area contributed by atoms with Crippen LogP contribution in [0.5, 0.6) is 0 Å². The molecule has 84 valence electrons. The lowest BCUT2D eigenvalue weighted by atomic mass is 10.1. The van der Waals surface area contributed by atoms with Gasteiger partial charge >= 0.3 is 0 Å². The van der Waals surface area contributed by atoms with Gasteiger partial charge in [0.05, 0.1) is 6.04 Å². The molecule has 0 bridgehead atoms. The Bertz CT molecular complexity index is 171. The van der Waals surface area contributed by atoms with Crippen LogP contribution in [0, 0.1) is 0 Å². The largest absolute Gasteiger partial charge is 0.351 e. The van der Waals surface area contributed by atoms with E-state index in [4.69, 9.17) is 5.73 Å². The molecule has 3 N–H and O–H groups in total. The number of nitrogens with one attached hydrogen (secondary N) is 1. The summed E-state index contributed by atoms with van der Waals surface area (Å²) in [7, 11) is 3.96. The Labute approximate surface area is 86.8 Å². The zero-order chi connectivity index (χ0) is 11.1. The van der Waals surface area contributed by atoms with Gasteiger partial charge in [-0.3, -0.25) is 4.79 Å². The minimum Gasteiger partial charge on any atom is -0.351 e. The minimum atomic E-state index is -0.357. The molecule has 0 aliphatic rings. The molecule has 4 heteroatoms. The van der Waals surface area contributed by atoms with Crippen molar-refractivity contribution >= 4 is 5.91 Å². The first-order valence-corrected chi connectivity index (χ1v) is 5.18. The summed E-state index contributed by atoms with van der Waals surface area (Å²) < 4.78 is 0. The number of rotatable bonds is 6. The van der Waals surface area contributed by atoms with Gasteiger partial charge in [-0.05, 0) is 27.4 Å². The van der Waals surface area contributed by atoms with Gasteiger partial charge in [0.15, 0.2) is 0 Å². The van der Waals surface area contributed by atoms with Crippen molar-refractivity contribution in [2.45, 2.75) is 38.8 Å². The molecule has 0 aliphatic carbocycles. The van der Waals surface area contributed by atoms with Gasteiger partial charge in [-0.1, -0.05) is 13.3 Å². The topological polar surface area (TPSA) is 58.4 Å². The average molecular weight is 201 g/mol. The van der Waals surface area contributed by atoms with Gasteiger partial charge in [0.25, 0.3) is 0 Å². The fourth-order valence-electron chi connectivity index (χ4n) is 1.39. The summed E-state index contributed by atoms with van der Waals surface area (Å²) in [5.74, 6) is -0.0406. The lowest BCUT2D eigenvalue weighted by Gasteiger charge is -2.20. The number of likely N-dealkylation sites (N-methyl/N-ethyl adjacent to an activating group) is 1. The molecule has 4 nitrogen and oxygen atoms in total. The third kappa shape index (κ3) is 5.94. The van der Waals surface area contributed by atoms with Gasteiger partial charge in [-0.15, -0.1) is 0 Å². The highest BCUT2D eigenvalue weighted by Gasteiger charge is 2.14. The molecule has 0 saturated heterocycles. The van der Waals surface area contributed by atoms with E-state index in [1.165, 1.54) is 0 Å². The summed E-state index contributed by atoms with van der Waals surface area (Å²) in [4.78, 5) is 13.5. The van der Waals surface area contributed by atoms with E-state index in [9.17, 15) is 4.79 Å². The second-order valence-corrected chi connectivity index (χ2v) is 4.07. The van der Waals surface area contributed by atoms with Crippen LogP contribution in [0.25, 0.3) is 0 Å². The number of hydrogen-bond donors (Lipinski definition) is 2. The van der Waals surface area contributed by atoms with Crippen LogP contribution in [-0.2, 0) is 4.79 Å². The zero-order valence-corrected chi connectivity index (χ0v) is 9.71. The Morgan fingerprint density at radius 3 is 2.50 bits per heavy atom. The highest BCUT2D eigenvalue weighted by Crippen LogP contribution is 1.94. The zero-order valence-electron chi connectivity index (χ0n) is 9.71. The van der Waals surface area contributed by atoms with Gasteiger partial charge in [0.2, 0.25) is 5.91 Å². The van der Waals surface area contributed by atoms with Crippen molar-refractivity contribution in [3.63, 3.8) is 0 Å². The number of amides is 1. The Hall–Kier alpha value is -0.610. The van der Waals surface area contributed by atoms with Crippen molar-refractivity contribution in [3.05, 3.63) is 0 Å². The molecule has 0 radical (unpaired) electrons. The number of nitrogens with zero attached hydrogens (tertiary/aromatic N) is 1. The number of carbonyl (C=O) groups excluding carboxylic acids is 1. The predicted octanol–water partition coefficient (Wildman–Crippen LogP) is 0.180. The van der Waals surface area contributed by atoms with Crippen LogP contribution in [0.15, 0.2) is 0 Å². The lowest BCUT2D eigenvalue weighted by Crippen LogP contribution is -2.47. The Kier molecular flexibility index (Phi) is 6.49. The van der Waals surface area contributed by atoms with Crippen LogP contribution in [0.4, 0.5) is 0 Å². The van der Waals surface area contributed by atoms with Gasteiger partial charge in [0, 0.05) is 12.6 Å². The fourth-order valence-corrected chi connectivity index (χ4v) is 1.39. The van der Waals surface area contributed by atoms with Crippen molar-refractivity contribution in [3.8, 4) is 0 Å². The molecule has 14 heavy (non-hydrogen) atoms. The van der Waals surface area contributed by atoms with Crippen LogP contribution in [0.3, 0.4) is 0 Å². The van der Waals surface area contributed by atoms with Crippen LogP contribution >= 0.6 is 0 Å². The second kappa shape index (κ2) is 6.79. The molecule has 2 atom stereocenters. The van der Waals surface area contributed by atoms with E-state index in [1.807, 2.05) is 32.8 Å². The SMILES string of the molecule is CCC[C@H](N)C(=O)NC(C)CN(C)C. The normalized spacial score (nSPS) is 15.3. The fraction of sp³-hybridized carbons (Fsp3) is 0.900. The van der Waals surface area contributed by atoms with Crippen molar-refractivity contribution in [2.75, 3.05) is 20.6 Å². The van der Waals surface area contributed by atoms with Gasteiger partial charge < -0.3 is 16.0 Å². The van der Waals surface area contributed by atoms with E-state index < -0.39 is 0 Å². The lowest BCUT2D eigenvalue weighted by molar-refractivity contribution is -0.123.